The first-order chi connectivity index (χ1) is 11.7. The molecule has 0 spiro atoms. The second-order valence-electron chi connectivity index (χ2n) is 5.34. The summed E-state index contributed by atoms with van der Waals surface area (Å²) in [7, 11) is 0. The van der Waals surface area contributed by atoms with Gasteiger partial charge in [0.1, 0.15) is 0 Å². The normalized spacial score (nSPS) is 11.3. The van der Waals surface area contributed by atoms with Crippen LogP contribution in [0, 0.1) is 13.8 Å². The first-order valence-corrected chi connectivity index (χ1v) is 8.59. The number of primary amides is 1. The van der Waals surface area contributed by atoms with Crippen molar-refractivity contribution >= 4 is 41.3 Å². The van der Waals surface area contributed by atoms with Crippen LogP contribution >= 0.6 is 11.8 Å². The lowest BCUT2D eigenvalue weighted by Crippen LogP contribution is -2.42. The predicted molar refractivity (Wildman–Crippen MR) is 95.2 cm³/mol. The fourth-order valence-corrected chi connectivity index (χ4v) is 2.47. The number of carbonyl (C=O) groups is 4. The Bertz CT molecular complexity index is 678. The molecule has 4 amide bonds. The number of hydrogen-bond donors (Lipinski definition) is 3. The molecule has 0 aromatic heterocycles. The molecule has 0 radical (unpaired) electrons. The van der Waals surface area contributed by atoms with E-state index in [9.17, 15) is 19.2 Å². The van der Waals surface area contributed by atoms with E-state index >= 15 is 0 Å². The van der Waals surface area contributed by atoms with Crippen LogP contribution < -0.4 is 16.4 Å². The highest BCUT2D eigenvalue weighted by Crippen LogP contribution is 2.16. The average Bonchev–Trinajstić information content (AvgIpc) is 2.49. The van der Waals surface area contributed by atoms with Crippen LogP contribution in [-0.4, -0.2) is 41.4 Å². The summed E-state index contributed by atoms with van der Waals surface area (Å²) < 4.78 is 4.83. The summed E-state index contributed by atoms with van der Waals surface area (Å²) in [5.74, 6) is -1.77. The summed E-state index contributed by atoms with van der Waals surface area (Å²) in [5, 5.41) is 4.57. The summed E-state index contributed by atoms with van der Waals surface area (Å²) in [6, 6.07) is 4.65. The maximum Gasteiger partial charge on any atom is 0.318 e. The molecule has 0 bridgehead atoms. The van der Waals surface area contributed by atoms with E-state index in [1.54, 1.807) is 0 Å². The van der Waals surface area contributed by atoms with Crippen LogP contribution in [0.2, 0.25) is 0 Å². The van der Waals surface area contributed by atoms with Crippen LogP contribution in [0.25, 0.3) is 0 Å². The van der Waals surface area contributed by atoms with E-state index in [4.69, 9.17) is 10.5 Å². The van der Waals surface area contributed by atoms with Gasteiger partial charge in [-0.05, 0) is 32.4 Å². The molecule has 0 aliphatic rings. The molecule has 1 rings (SSSR count). The number of hydrogen-bond acceptors (Lipinski definition) is 6. The van der Waals surface area contributed by atoms with Crippen LogP contribution in [-0.2, 0) is 19.1 Å². The van der Waals surface area contributed by atoms with Crippen molar-refractivity contribution in [2.24, 2.45) is 5.73 Å². The summed E-state index contributed by atoms with van der Waals surface area (Å²) >= 11 is 1.06. The Balaban J connectivity index is 2.33. The van der Waals surface area contributed by atoms with Crippen LogP contribution in [0.1, 0.15) is 18.1 Å². The molecule has 0 unspecified atom stereocenters. The van der Waals surface area contributed by atoms with Gasteiger partial charge in [0.25, 0.3) is 5.91 Å². The van der Waals surface area contributed by atoms with Crippen molar-refractivity contribution < 1.29 is 23.9 Å². The van der Waals surface area contributed by atoms with Gasteiger partial charge in [0.15, 0.2) is 6.10 Å². The number of ether oxygens (including phenoxy) is 1. The molecule has 0 aliphatic carbocycles. The molecule has 0 saturated heterocycles. The number of urea groups is 1. The van der Waals surface area contributed by atoms with Crippen molar-refractivity contribution in [3.05, 3.63) is 29.3 Å². The number of benzene rings is 1. The predicted octanol–water partition coefficient (Wildman–Crippen LogP) is 1.10. The van der Waals surface area contributed by atoms with Gasteiger partial charge in [-0.3, -0.25) is 19.7 Å². The quantitative estimate of drug-likeness (QED) is 0.619. The topological polar surface area (TPSA) is 128 Å². The lowest BCUT2D eigenvalue weighted by molar-refractivity contribution is -0.151. The van der Waals surface area contributed by atoms with Crippen molar-refractivity contribution in [1.82, 2.24) is 5.32 Å². The van der Waals surface area contributed by atoms with Gasteiger partial charge in [-0.15, -0.1) is 11.8 Å². The highest BCUT2D eigenvalue weighted by atomic mass is 32.2. The number of nitrogens with one attached hydrogen (secondary N) is 2. The Morgan fingerprint density at radius 2 is 1.88 bits per heavy atom. The minimum absolute atomic E-state index is 0.0598. The van der Waals surface area contributed by atoms with Gasteiger partial charge in [-0.1, -0.05) is 17.7 Å². The van der Waals surface area contributed by atoms with Gasteiger partial charge < -0.3 is 15.8 Å². The maximum atomic E-state index is 11.9. The van der Waals surface area contributed by atoms with Gasteiger partial charge in [0.05, 0.1) is 11.5 Å². The number of rotatable bonds is 7. The Morgan fingerprint density at radius 1 is 1.20 bits per heavy atom. The zero-order valence-corrected chi connectivity index (χ0v) is 15.1. The van der Waals surface area contributed by atoms with Crippen LogP contribution in [0.4, 0.5) is 10.5 Å². The van der Waals surface area contributed by atoms with Gasteiger partial charge in [-0.25, -0.2) is 4.79 Å². The molecule has 0 saturated carbocycles. The van der Waals surface area contributed by atoms with Crippen molar-refractivity contribution in [2.75, 3.05) is 16.8 Å². The molecule has 1 aromatic rings. The molecule has 136 valence electrons. The van der Waals surface area contributed by atoms with E-state index in [2.05, 4.69) is 5.32 Å². The SMILES string of the molecule is Cc1ccc(NC(=O)CSCC(=O)O[C@@H](C)C(=O)NC(N)=O)c(C)c1. The molecule has 0 aliphatic heterocycles. The highest BCUT2D eigenvalue weighted by molar-refractivity contribution is 8.00. The van der Waals surface area contributed by atoms with Crippen LogP contribution in [0.5, 0.6) is 0 Å². The number of thioether (sulfide) groups is 1. The minimum Gasteiger partial charge on any atom is -0.452 e. The maximum absolute atomic E-state index is 11.9. The smallest absolute Gasteiger partial charge is 0.318 e. The Morgan fingerprint density at radius 3 is 2.48 bits per heavy atom. The van der Waals surface area contributed by atoms with Crippen molar-refractivity contribution in [1.29, 1.82) is 0 Å². The number of imide groups is 1. The summed E-state index contributed by atoms with van der Waals surface area (Å²) in [5.41, 5.74) is 7.57. The van der Waals surface area contributed by atoms with E-state index in [1.807, 2.05) is 37.4 Å². The summed E-state index contributed by atoms with van der Waals surface area (Å²) in [6.45, 7) is 5.17. The van der Waals surface area contributed by atoms with Crippen molar-refractivity contribution in [3.63, 3.8) is 0 Å². The third kappa shape index (κ3) is 7.71. The largest absolute Gasteiger partial charge is 0.452 e. The molecule has 4 N–H and O–H groups in total. The van der Waals surface area contributed by atoms with Crippen LogP contribution in [0.3, 0.4) is 0 Å². The zero-order chi connectivity index (χ0) is 19.0. The first-order valence-electron chi connectivity index (χ1n) is 7.43. The fourth-order valence-electron chi connectivity index (χ4n) is 1.87. The molecule has 0 heterocycles. The molecule has 25 heavy (non-hydrogen) atoms. The van der Waals surface area contributed by atoms with E-state index in [0.717, 1.165) is 28.6 Å². The molecule has 1 atom stereocenters. The zero-order valence-electron chi connectivity index (χ0n) is 14.3. The third-order valence-corrected chi connectivity index (χ3v) is 3.94. The van der Waals surface area contributed by atoms with Gasteiger partial charge in [0, 0.05) is 5.69 Å². The Kier molecular flexibility index (Phi) is 7.93. The third-order valence-electron chi connectivity index (χ3n) is 3.03. The molecular formula is C16H21N3O5S. The van der Waals surface area contributed by atoms with Gasteiger partial charge >= 0.3 is 12.0 Å². The fraction of sp³-hybridized carbons (Fsp3) is 0.375. The number of carbonyl (C=O) groups excluding carboxylic acids is 4. The average molecular weight is 367 g/mol. The molecule has 8 nitrogen and oxygen atoms in total. The molecular weight excluding hydrogens is 346 g/mol. The molecule has 9 heteroatoms. The van der Waals surface area contributed by atoms with Gasteiger partial charge in [-0.2, -0.15) is 0 Å². The monoisotopic (exact) mass is 367 g/mol. The summed E-state index contributed by atoms with van der Waals surface area (Å²) in [4.78, 5) is 45.4. The van der Waals surface area contributed by atoms with Crippen LogP contribution in [0.15, 0.2) is 18.2 Å². The number of aryl methyl sites for hydroxylation is 2. The lowest BCUT2D eigenvalue weighted by atomic mass is 10.1. The highest BCUT2D eigenvalue weighted by Gasteiger charge is 2.19. The van der Waals surface area contributed by atoms with Crippen molar-refractivity contribution in [3.8, 4) is 0 Å². The first kappa shape index (κ1) is 20.5. The molecule has 0 fully saturated rings. The minimum atomic E-state index is -1.15. The van der Waals surface area contributed by atoms with E-state index in [1.165, 1.54) is 6.92 Å². The Labute approximate surface area is 149 Å². The number of nitrogens with two attached hydrogens (primary N) is 1. The number of esters is 1. The molecule has 1 aromatic carbocycles. The Hall–Kier alpha value is -2.55. The summed E-state index contributed by atoms with van der Waals surface area (Å²) in [6.07, 6.45) is -1.15. The van der Waals surface area contributed by atoms with E-state index in [0.29, 0.717) is 0 Å². The van der Waals surface area contributed by atoms with Crippen molar-refractivity contribution in [2.45, 2.75) is 26.9 Å². The number of amides is 4. The second kappa shape index (κ2) is 9.67. The second-order valence-corrected chi connectivity index (χ2v) is 6.33. The van der Waals surface area contributed by atoms with E-state index in [-0.39, 0.29) is 17.4 Å². The standard InChI is InChI=1S/C16H21N3O5S/c1-9-4-5-12(10(2)6-9)18-13(20)7-25-8-14(21)24-11(3)15(22)19-16(17)23/h4-6,11H,7-8H2,1-3H3,(H,18,20)(H3,17,19,22,23)/t11-/m0/s1. The van der Waals surface area contributed by atoms with E-state index < -0.39 is 24.0 Å². The number of anilines is 1. The van der Waals surface area contributed by atoms with Gasteiger partial charge in [0.2, 0.25) is 5.91 Å². The lowest BCUT2D eigenvalue weighted by Gasteiger charge is -2.12.